The van der Waals surface area contributed by atoms with Crippen LogP contribution in [0.4, 0.5) is 20.2 Å². The molecule has 0 spiro atoms. The summed E-state index contributed by atoms with van der Waals surface area (Å²) in [6, 6.07) is 10.6. The van der Waals surface area contributed by atoms with Gasteiger partial charge in [-0.3, -0.25) is 0 Å². The van der Waals surface area contributed by atoms with Gasteiger partial charge in [-0.15, -0.1) is 0 Å². The molecule has 5 heteroatoms. The van der Waals surface area contributed by atoms with Crippen LogP contribution >= 0.6 is 0 Å². The Morgan fingerprint density at radius 3 is 2.53 bits per heavy atom. The molecule has 19 heavy (non-hydrogen) atoms. The number of nitrogens with two attached hydrogens (primary N) is 1. The minimum Gasteiger partial charge on any atom is -0.398 e. The van der Waals surface area contributed by atoms with Crippen molar-refractivity contribution < 1.29 is 8.78 Å². The molecule has 0 saturated carbocycles. The number of nitrogen functional groups attached to an aromatic ring is 1. The number of nitriles is 1. The molecule has 0 aromatic heterocycles. The fourth-order valence-corrected chi connectivity index (χ4v) is 1.63. The molecule has 0 aliphatic rings. The van der Waals surface area contributed by atoms with Gasteiger partial charge in [-0.25, -0.2) is 8.78 Å². The molecule has 96 valence electrons. The zero-order valence-electron chi connectivity index (χ0n) is 9.95. The van der Waals surface area contributed by atoms with E-state index in [9.17, 15) is 8.78 Å². The molecular weight excluding hydrogens is 248 g/mol. The van der Waals surface area contributed by atoms with Gasteiger partial charge in [0, 0.05) is 12.2 Å². The molecule has 0 heterocycles. The average molecular weight is 259 g/mol. The Morgan fingerprint density at radius 2 is 1.89 bits per heavy atom. The van der Waals surface area contributed by atoms with Crippen LogP contribution in [-0.2, 0) is 6.54 Å². The van der Waals surface area contributed by atoms with Gasteiger partial charge in [0.1, 0.15) is 6.07 Å². The summed E-state index contributed by atoms with van der Waals surface area (Å²) >= 11 is 0. The highest BCUT2D eigenvalue weighted by Gasteiger charge is 2.03. The quantitative estimate of drug-likeness (QED) is 0.833. The minimum atomic E-state index is -0.876. The lowest BCUT2D eigenvalue weighted by Crippen LogP contribution is -2.01. The second-order valence-corrected chi connectivity index (χ2v) is 4.02. The molecule has 0 saturated heterocycles. The van der Waals surface area contributed by atoms with Gasteiger partial charge in [-0.1, -0.05) is 6.07 Å². The summed E-state index contributed by atoms with van der Waals surface area (Å²) in [6.07, 6.45) is 0. The molecule has 0 aliphatic heterocycles. The normalized spacial score (nSPS) is 9.95. The van der Waals surface area contributed by atoms with Crippen molar-refractivity contribution in [1.29, 1.82) is 5.26 Å². The van der Waals surface area contributed by atoms with Crippen molar-refractivity contribution in [1.82, 2.24) is 0 Å². The number of nitrogens with zero attached hydrogens (tertiary/aromatic N) is 1. The molecule has 2 aromatic carbocycles. The van der Waals surface area contributed by atoms with Crippen LogP contribution in [0.15, 0.2) is 36.4 Å². The fourth-order valence-electron chi connectivity index (χ4n) is 1.63. The molecule has 0 fully saturated rings. The largest absolute Gasteiger partial charge is 0.398 e. The molecule has 0 amide bonds. The van der Waals surface area contributed by atoms with E-state index in [2.05, 4.69) is 5.32 Å². The Labute approximate surface area is 109 Å². The van der Waals surface area contributed by atoms with E-state index in [0.29, 0.717) is 29.0 Å². The molecule has 3 nitrogen and oxygen atoms in total. The minimum absolute atomic E-state index is 0.336. The van der Waals surface area contributed by atoms with Gasteiger partial charge in [0.15, 0.2) is 11.6 Å². The van der Waals surface area contributed by atoms with E-state index >= 15 is 0 Å². The predicted octanol–water partition coefficient (Wildman–Crippen LogP) is 3.03. The maximum atomic E-state index is 13.0. The lowest BCUT2D eigenvalue weighted by atomic mass is 10.1. The van der Waals surface area contributed by atoms with E-state index in [0.717, 1.165) is 12.1 Å². The SMILES string of the molecule is N#Cc1ccc(NCc2ccc(F)c(F)c2)cc1N. The molecule has 0 radical (unpaired) electrons. The van der Waals surface area contributed by atoms with Crippen LogP contribution in [-0.4, -0.2) is 0 Å². The van der Waals surface area contributed by atoms with E-state index in [-0.39, 0.29) is 0 Å². The van der Waals surface area contributed by atoms with E-state index in [1.165, 1.54) is 6.07 Å². The first kappa shape index (κ1) is 12.8. The Balaban J connectivity index is 2.08. The molecular formula is C14H11F2N3. The summed E-state index contributed by atoms with van der Waals surface area (Å²) in [5, 5.41) is 11.8. The van der Waals surface area contributed by atoms with Crippen molar-refractivity contribution in [2.45, 2.75) is 6.54 Å². The van der Waals surface area contributed by atoms with Crippen molar-refractivity contribution in [3.05, 3.63) is 59.2 Å². The van der Waals surface area contributed by atoms with Gasteiger partial charge >= 0.3 is 0 Å². The Kier molecular flexibility index (Phi) is 3.62. The number of rotatable bonds is 3. The average Bonchev–Trinajstić information content (AvgIpc) is 2.40. The maximum absolute atomic E-state index is 13.0. The number of hydrogen-bond acceptors (Lipinski definition) is 3. The van der Waals surface area contributed by atoms with Crippen LogP contribution in [0.2, 0.25) is 0 Å². The molecule has 2 aromatic rings. The van der Waals surface area contributed by atoms with Crippen molar-refractivity contribution in [2.75, 3.05) is 11.1 Å². The summed E-state index contributed by atoms with van der Waals surface area (Å²) in [5.74, 6) is -1.75. The van der Waals surface area contributed by atoms with Crippen molar-refractivity contribution in [3.8, 4) is 6.07 Å². The number of benzene rings is 2. The van der Waals surface area contributed by atoms with Gasteiger partial charge in [-0.05, 0) is 35.9 Å². The zero-order chi connectivity index (χ0) is 13.8. The zero-order valence-corrected chi connectivity index (χ0v) is 9.95. The summed E-state index contributed by atoms with van der Waals surface area (Å²) in [7, 11) is 0. The van der Waals surface area contributed by atoms with E-state index in [4.69, 9.17) is 11.0 Å². The molecule has 0 bridgehead atoms. The molecule has 2 rings (SSSR count). The fraction of sp³-hybridized carbons (Fsp3) is 0.0714. The van der Waals surface area contributed by atoms with Crippen LogP contribution in [0, 0.1) is 23.0 Å². The standard InChI is InChI=1S/C14H11F2N3/c15-12-4-1-9(5-13(12)16)8-19-11-3-2-10(7-17)14(18)6-11/h1-6,19H,8,18H2. The molecule has 0 aliphatic carbocycles. The number of hydrogen-bond donors (Lipinski definition) is 2. The van der Waals surface area contributed by atoms with Crippen LogP contribution < -0.4 is 11.1 Å². The van der Waals surface area contributed by atoms with Crippen LogP contribution in [0.25, 0.3) is 0 Å². The van der Waals surface area contributed by atoms with E-state index in [1.807, 2.05) is 6.07 Å². The molecule has 3 N–H and O–H groups in total. The highest BCUT2D eigenvalue weighted by atomic mass is 19.2. The smallest absolute Gasteiger partial charge is 0.159 e. The van der Waals surface area contributed by atoms with Crippen molar-refractivity contribution in [2.24, 2.45) is 0 Å². The predicted molar refractivity (Wildman–Crippen MR) is 69.3 cm³/mol. The third-order valence-electron chi connectivity index (χ3n) is 2.65. The van der Waals surface area contributed by atoms with Crippen molar-refractivity contribution >= 4 is 11.4 Å². The number of halogens is 2. The summed E-state index contributed by atoms with van der Waals surface area (Å²) < 4.78 is 25.8. The highest BCUT2D eigenvalue weighted by Crippen LogP contribution is 2.18. The third kappa shape index (κ3) is 2.99. The second kappa shape index (κ2) is 5.36. The Morgan fingerprint density at radius 1 is 1.11 bits per heavy atom. The third-order valence-corrected chi connectivity index (χ3v) is 2.65. The van der Waals surface area contributed by atoms with Gasteiger partial charge in [0.2, 0.25) is 0 Å². The first-order valence-electron chi connectivity index (χ1n) is 5.57. The molecule has 0 atom stereocenters. The van der Waals surface area contributed by atoms with Gasteiger partial charge in [-0.2, -0.15) is 5.26 Å². The Hall–Kier alpha value is -2.61. The van der Waals surface area contributed by atoms with Crippen molar-refractivity contribution in [3.63, 3.8) is 0 Å². The van der Waals surface area contributed by atoms with E-state index in [1.54, 1.807) is 18.2 Å². The highest BCUT2D eigenvalue weighted by molar-refractivity contribution is 5.62. The summed E-state index contributed by atoms with van der Waals surface area (Å²) in [6.45, 7) is 0.336. The van der Waals surface area contributed by atoms with Crippen LogP contribution in [0.3, 0.4) is 0 Å². The first-order valence-corrected chi connectivity index (χ1v) is 5.57. The van der Waals surface area contributed by atoms with Crippen LogP contribution in [0.5, 0.6) is 0 Å². The lowest BCUT2D eigenvalue weighted by molar-refractivity contribution is 0.507. The van der Waals surface area contributed by atoms with E-state index < -0.39 is 11.6 Å². The van der Waals surface area contributed by atoms with Gasteiger partial charge in [0.25, 0.3) is 0 Å². The van der Waals surface area contributed by atoms with Gasteiger partial charge < -0.3 is 11.1 Å². The number of nitrogens with one attached hydrogen (secondary N) is 1. The van der Waals surface area contributed by atoms with Gasteiger partial charge in [0.05, 0.1) is 11.3 Å². The summed E-state index contributed by atoms with van der Waals surface area (Å²) in [4.78, 5) is 0. The second-order valence-electron chi connectivity index (χ2n) is 4.02. The van der Waals surface area contributed by atoms with Crippen LogP contribution in [0.1, 0.15) is 11.1 Å². The maximum Gasteiger partial charge on any atom is 0.159 e. The number of anilines is 2. The molecule has 0 unspecified atom stereocenters. The topological polar surface area (TPSA) is 61.8 Å². The monoisotopic (exact) mass is 259 g/mol. The first-order chi connectivity index (χ1) is 9.10. The lowest BCUT2D eigenvalue weighted by Gasteiger charge is -2.08. The Bertz CT molecular complexity index is 648. The summed E-state index contributed by atoms with van der Waals surface area (Å²) in [5.41, 5.74) is 7.77.